The lowest BCUT2D eigenvalue weighted by Gasteiger charge is -2.08. The molecule has 0 saturated carbocycles. The summed E-state index contributed by atoms with van der Waals surface area (Å²) in [6, 6.07) is 0. The van der Waals surface area contributed by atoms with Gasteiger partial charge in [-0.3, -0.25) is 0 Å². The van der Waals surface area contributed by atoms with Crippen LogP contribution in [0.25, 0.3) is 0 Å². The van der Waals surface area contributed by atoms with Gasteiger partial charge in [-0.15, -0.1) is 0 Å². The average molecular weight is 252 g/mol. The second-order valence-corrected chi connectivity index (χ2v) is 2.55. The summed E-state index contributed by atoms with van der Waals surface area (Å²) >= 11 is 0. The molecule has 106 valence electrons. The van der Waals surface area contributed by atoms with Gasteiger partial charge in [0.05, 0.1) is 19.5 Å². The predicted octanol–water partition coefficient (Wildman–Crippen LogP) is 1.54. The molecule has 0 aliphatic heterocycles. The molecule has 0 heterocycles. The highest BCUT2D eigenvalue weighted by molar-refractivity contribution is 4.48. The summed E-state index contributed by atoms with van der Waals surface area (Å²) < 4.78 is 14.6. The molecular formula is C12H28O5. The summed E-state index contributed by atoms with van der Waals surface area (Å²) in [6.45, 7) is 13.2. The third kappa shape index (κ3) is 39.2. The summed E-state index contributed by atoms with van der Waals surface area (Å²) in [7, 11) is 0. The molecule has 5 nitrogen and oxygen atoms in total. The van der Waals surface area contributed by atoms with Crippen LogP contribution in [0.3, 0.4) is 0 Å². The fourth-order valence-electron chi connectivity index (χ4n) is 0.614. The third-order valence-corrected chi connectivity index (χ3v) is 1.20. The Morgan fingerprint density at radius 2 is 1.53 bits per heavy atom. The fourth-order valence-corrected chi connectivity index (χ4v) is 0.614. The number of ether oxygens (including phenoxy) is 3. The van der Waals surface area contributed by atoms with Gasteiger partial charge in [0.2, 0.25) is 0 Å². The topological polar surface area (TPSA) is 68.2 Å². The maximum atomic E-state index is 7.62. The van der Waals surface area contributed by atoms with E-state index < -0.39 is 0 Å². The van der Waals surface area contributed by atoms with Crippen molar-refractivity contribution in [2.45, 2.75) is 34.0 Å². The Hall–Kier alpha value is -0.620. The van der Waals surface area contributed by atoms with E-state index in [2.05, 4.69) is 6.58 Å². The minimum absolute atomic E-state index is 0.125. The van der Waals surface area contributed by atoms with Crippen LogP contribution < -0.4 is 0 Å². The van der Waals surface area contributed by atoms with Crippen LogP contribution in [0.1, 0.15) is 27.7 Å². The molecule has 0 spiro atoms. The van der Waals surface area contributed by atoms with Crippen molar-refractivity contribution in [3.05, 3.63) is 12.8 Å². The third-order valence-electron chi connectivity index (χ3n) is 1.20. The standard InChI is InChI=1S/C6H12O2.C4H10O.C2H6O2/c1-4-7-6(3)8-5-2;1-3-5-4-2;3-1-2-4/h4,6H,1,5H2,2-3H3;3-4H2,1-2H3;3-4H,1-2H2. The monoisotopic (exact) mass is 252 g/mol. The smallest absolute Gasteiger partial charge is 0.196 e. The molecule has 1 atom stereocenters. The number of aliphatic hydroxyl groups is 2. The molecule has 0 aromatic carbocycles. The summed E-state index contributed by atoms with van der Waals surface area (Å²) in [6.07, 6.45) is 1.22. The van der Waals surface area contributed by atoms with E-state index in [4.69, 9.17) is 24.4 Å². The van der Waals surface area contributed by atoms with Crippen LogP contribution in [0, 0.1) is 0 Å². The van der Waals surface area contributed by atoms with Crippen LogP contribution in [0.4, 0.5) is 0 Å². The minimum atomic E-state index is -0.155. The molecule has 0 amide bonds. The molecule has 0 aliphatic carbocycles. The fraction of sp³-hybridized carbons (Fsp3) is 0.833. The summed E-state index contributed by atoms with van der Waals surface area (Å²) in [5, 5.41) is 15.2. The lowest BCUT2D eigenvalue weighted by molar-refractivity contribution is -0.0878. The van der Waals surface area contributed by atoms with Crippen molar-refractivity contribution in [2.75, 3.05) is 33.0 Å². The second kappa shape index (κ2) is 24.6. The zero-order chi connectivity index (χ0) is 13.9. The first kappa shape index (κ1) is 21.6. The summed E-state index contributed by atoms with van der Waals surface area (Å²) in [5.74, 6) is 0. The van der Waals surface area contributed by atoms with E-state index in [1.807, 2.05) is 27.7 Å². The van der Waals surface area contributed by atoms with E-state index in [1.54, 1.807) is 0 Å². The Bertz CT molecular complexity index is 115. The summed E-state index contributed by atoms with van der Waals surface area (Å²) in [5.41, 5.74) is 0. The number of aliphatic hydroxyl groups excluding tert-OH is 2. The van der Waals surface area contributed by atoms with Crippen LogP contribution >= 0.6 is 0 Å². The summed E-state index contributed by atoms with van der Waals surface area (Å²) in [4.78, 5) is 0. The zero-order valence-corrected chi connectivity index (χ0v) is 11.5. The number of rotatable bonds is 7. The second-order valence-electron chi connectivity index (χ2n) is 2.55. The lowest BCUT2D eigenvalue weighted by atomic mass is 10.7. The zero-order valence-electron chi connectivity index (χ0n) is 11.5. The van der Waals surface area contributed by atoms with Crippen molar-refractivity contribution in [2.24, 2.45) is 0 Å². The first-order valence-corrected chi connectivity index (χ1v) is 5.81. The highest BCUT2D eigenvalue weighted by Crippen LogP contribution is 1.91. The average Bonchev–Trinajstić information content (AvgIpc) is 2.32. The molecule has 17 heavy (non-hydrogen) atoms. The predicted molar refractivity (Wildman–Crippen MR) is 68.7 cm³/mol. The van der Waals surface area contributed by atoms with Crippen LogP contribution in [0.15, 0.2) is 12.8 Å². The molecule has 0 rings (SSSR count). The molecule has 0 aliphatic rings. The van der Waals surface area contributed by atoms with Crippen molar-refractivity contribution < 1.29 is 24.4 Å². The minimum Gasteiger partial charge on any atom is -0.473 e. The van der Waals surface area contributed by atoms with Crippen molar-refractivity contribution in [1.29, 1.82) is 0 Å². The number of hydrogen-bond acceptors (Lipinski definition) is 5. The largest absolute Gasteiger partial charge is 0.473 e. The Morgan fingerprint density at radius 1 is 1.06 bits per heavy atom. The highest BCUT2D eigenvalue weighted by Gasteiger charge is 1.93. The van der Waals surface area contributed by atoms with Crippen LogP contribution in [0.2, 0.25) is 0 Å². The number of hydrogen-bond donors (Lipinski definition) is 2. The van der Waals surface area contributed by atoms with Gasteiger partial charge >= 0.3 is 0 Å². The van der Waals surface area contributed by atoms with E-state index in [-0.39, 0.29) is 19.5 Å². The van der Waals surface area contributed by atoms with Crippen molar-refractivity contribution in [1.82, 2.24) is 0 Å². The van der Waals surface area contributed by atoms with Gasteiger partial charge in [-0.2, -0.15) is 0 Å². The van der Waals surface area contributed by atoms with Gasteiger partial charge in [-0.1, -0.05) is 6.58 Å². The van der Waals surface area contributed by atoms with Gasteiger partial charge in [0.1, 0.15) is 0 Å². The molecular weight excluding hydrogens is 224 g/mol. The molecule has 0 radical (unpaired) electrons. The Kier molecular flexibility index (Phi) is 31.3. The SMILES string of the molecule is C=COC(C)OCC.CCOCC.OCCO. The van der Waals surface area contributed by atoms with Crippen molar-refractivity contribution in [3.63, 3.8) is 0 Å². The quantitative estimate of drug-likeness (QED) is 0.531. The van der Waals surface area contributed by atoms with Crippen LogP contribution in [-0.2, 0) is 14.2 Å². The molecule has 0 fully saturated rings. The van der Waals surface area contributed by atoms with Crippen molar-refractivity contribution in [3.8, 4) is 0 Å². The first-order chi connectivity index (χ1) is 8.14. The first-order valence-electron chi connectivity index (χ1n) is 5.81. The van der Waals surface area contributed by atoms with Crippen LogP contribution in [-0.4, -0.2) is 49.5 Å². The van der Waals surface area contributed by atoms with E-state index in [0.717, 1.165) is 13.2 Å². The maximum Gasteiger partial charge on any atom is 0.196 e. The Labute approximate surface area is 105 Å². The molecule has 2 N–H and O–H groups in total. The van der Waals surface area contributed by atoms with Gasteiger partial charge < -0.3 is 24.4 Å². The van der Waals surface area contributed by atoms with E-state index in [1.165, 1.54) is 6.26 Å². The Balaban J connectivity index is -0.000000188. The highest BCUT2D eigenvalue weighted by atomic mass is 16.7. The lowest BCUT2D eigenvalue weighted by Crippen LogP contribution is -2.08. The van der Waals surface area contributed by atoms with E-state index in [0.29, 0.717) is 6.61 Å². The van der Waals surface area contributed by atoms with E-state index >= 15 is 0 Å². The molecule has 0 aromatic heterocycles. The Morgan fingerprint density at radius 3 is 1.71 bits per heavy atom. The molecule has 0 saturated heterocycles. The van der Waals surface area contributed by atoms with Gasteiger partial charge in [-0.25, -0.2) is 0 Å². The van der Waals surface area contributed by atoms with Crippen molar-refractivity contribution >= 4 is 0 Å². The molecule has 1 unspecified atom stereocenters. The maximum absolute atomic E-state index is 7.62. The molecule has 5 heteroatoms. The van der Waals surface area contributed by atoms with Gasteiger partial charge in [0, 0.05) is 19.8 Å². The van der Waals surface area contributed by atoms with Crippen LogP contribution in [0.5, 0.6) is 0 Å². The molecule has 0 aromatic rings. The molecule has 0 bridgehead atoms. The van der Waals surface area contributed by atoms with Gasteiger partial charge in [0.25, 0.3) is 0 Å². The normalized spacial score (nSPS) is 10.2. The van der Waals surface area contributed by atoms with Gasteiger partial charge in [0.15, 0.2) is 6.29 Å². The van der Waals surface area contributed by atoms with Gasteiger partial charge in [-0.05, 0) is 27.7 Å². The van der Waals surface area contributed by atoms with E-state index in [9.17, 15) is 0 Å².